The molecule has 4 rings (SSSR count). The van der Waals surface area contributed by atoms with E-state index in [0.29, 0.717) is 22.0 Å². The smallest absolute Gasteiger partial charge is 0.264 e. The van der Waals surface area contributed by atoms with Crippen LogP contribution in [0.2, 0.25) is 10.0 Å². The fourth-order valence-corrected chi connectivity index (χ4v) is 6.96. The number of halogens is 2. The van der Waals surface area contributed by atoms with Gasteiger partial charge in [0.25, 0.3) is 10.0 Å². The van der Waals surface area contributed by atoms with Crippen LogP contribution in [0.3, 0.4) is 0 Å². The van der Waals surface area contributed by atoms with Crippen molar-refractivity contribution in [1.82, 2.24) is 10.2 Å². The summed E-state index contributed by atoms with van der Waals surface area (Å²) in [7, 11) is -4.16. The normalized spacial score (nSPS) is 14.7. The van der Waals surface area contributed by atoms with Gasteiger partial charge in [-0.1, -0.05) is 91.9 Å². The van der Waals surface area contributed by atoms with E-state index in [1.54, 1.807) is 54.6 Å². The minimum atomic E-state index is -4.16. The molecule has 1 saturated carbocycles. The number of amides is 2. The van der Waals surface area contributed by atoms with Crippen LogP contribution in [0.25, 0.3) is 0 Å². The zero-order valence-corrected chi connectivity index (χ0v) is 25.3. The van der Waals surface area contributed by atoms with E-state index < -0.39 is 28.5 Å². The number of hydrogen-bond acceptors (Lipinski definition) is 4. The molecule has 41 heavy (non-hydrogen) atoms. The number of sulfonamides is 1. The number of nitrogens with one attached hydrogen (secondary N) is 1. The first kappa shape index (κ1) is 30.9. The molecule has 0 unspecified atom stereocenters. The Hall–Kier alpha value is -3.07. The van der Waals surface area contributed by atoms with Crippen molar-refractivity contribution < 1.29 is 18.0 Å². The minimum Gasteiger partial charge on any atom is -0.352 e. The van der Waals surface area contributed by atoms with Gasteiger partial charge in [-0.3, -0.25) is 13.9 Å². The molecule has 0 heterocycles. The zero-order chi connectivity index (χ0) is 29.4. The highest BCUT2D eigenvalue weighted by Crippen LogP contribution is 2.28. The summed E-state index contributed by atoms with van der Waals surface area (Å²) in [6.07, 6.45) is 5.40. The van der Waals surface area contributed by atoms with Crippen LogP contribution in [0.5, 0.6) is 0 Å². The van der Waals surface area contributed by atoms with Gasteiger partial charge in [0, 0.05) is 22.6 Å². The van der Waals surface area contributed by atoms with Crippen molar-refractivity contribution in [2.45, 2.75) is 69.0 Å². The zero-order valence-electron chi connectivity index (χ0n) is 23.0. The van der Waals surface area contributed by atoms with Gasteiger partial charge in [0.1, 0.15) is 12.6 Å². The highest BCUT2D eigenvalue weighted by Gasteiger charge is 2.34. The maximum atomic E-state index is 14.2. The van der Waals surface area contributed by atoms with Crippen molar-refractivity contribution in [1.29, 1.82) is 0 Å². The van der Waals surface area contributed by atoms with E-state index in [1.807, 2.05) is 13.0 Å². The van der Waals surface area contributed by atoms with Crippen molar-refractivity contribution in [3.05, 3.63) is 94.5 Å². The Morgan fingerprint density at radius 2 is 1.61 bits per heavy atom. The summed E-state index contributed by atoms with van der Waals surface area (Å²) in [5.74, 6) is -0.782. The lowest BCUT2D eigenvalue weighted by Gasteiger charge is -2.34. The van der Waals surface area contributed by atoms with E-state index in [0.717, 1.165) is 36.4 Å². The molecule has 2 amide bonds. The molecule has 3 aromatic rings. The summed E-state index contributed by atoms with van der Waals surface area (Å²) in [5.41, 5.74) is 0.902. The monoisotopic (exact) mass is 615 g/mol. The maximum Gasteiger partial charge on any atom is 0.264 e. The van der Waals surface area contributed by atoms with Crippen LogP contribution in [0.1, 0.15) is 51.0 Å². The Morgan fingerprint density at radius 3 is 2.27 bits per heavy atom. The highest BCUT2D eigenvalue weighted by molar-refractivity contribution is 7.92. The molecule has 7 nitrogen and oxygen atoms in total. The molecule has 1 atom stereocenters. The first-order valence-electron chi connectivity index (χ1n) is 13.9. The van der Waals surface area contributed by atoms with Crippen LogP contribution in [0.4, 0.5) is 5.69 Å². The van der Waals surface area contributed by atoms with Gasteiger partial charge in [0.15, 0.2) is 0 Å². The van der Waals surface area contributed by atoms with E-state index in [9.17, 15) is 18.0 Å². The van der Waals surface area contributed by atoms with Crippen LogP contribution in [-0.2, 0) is 26.2 Å². The number of carbonyl (C=O) groups excluding carboxylic acids is 2. The van der Waals surface area contributed by atoms with Gasteiger partial charge in [-0.2, -0.15) is 0 Å². The van der Waals surface area contributed by atoms with E-state index in [-0.39, 0.29) is 29.1 Å². The van der Waals surface area contributed by atoms with Crippen LogP contribution < -0.4 is 9.62 Å². The van der Waals surface area contributed by atoms with E-state index in [4.69, 9.17) is 23.2 Å². The first-order chi connectivity index (χ1) is 19.7. The molecule has 3 aromatic carbocycles. The summed E-state index contributed by atoms with van der Waals surface area (Å²) in [6, 6.07) is 20.6. The molecule has 1 fully saturated rings. The SMILES string of the molecule is CC[C@H](C(=O)NC1CCCCC1)N(Cc1ccccc1Cl)C(=O)CN(c1cccc(Cl)c1)S(=O)(=O)c1ccccc1. The lowest BCUT2D eigenvalue weighted by Crippen LogP contribution is -2.54. The quantitative estimate of drug-likeness (QED) is 0.269. The molecule has 0 bridgehead atoms. The third-order valence-corrected chi connectivity index (χ3v) is 9.73. The van der Waals surface area contributed by atoms with Crippen molar-refractivity contribution in [3.8, 4) is 0 Å². The fourth-order valence-electron chi connectivity index (χ4n) is 5.15. The molecule has 1 aliphatic carbocycles. The molecule has 1 aliphatic rings. The van der Waals surface area contributed by atoms with Crippen molar-refractivity contribution >= 4 is 50.7 Å². The molecule has 218 valence electrons. The average molecular weight is 617 g/mol. The number of nitrogens with zero attached hydrogens (tertiary/aromatic N) is 2. The first-order valence-corrected chi connectivity index (χ1v) is 16.1. The van der Waals surface area contributed by atoms with E-state index in [2.05, 4.69) is 5.32 Å². The van der Waals surface area contributed by atoms with Crippen molar-refractivity contribution in [2.24, 2.45) is 0 Å². The number of rotatable bonds is 11. The maximum absolute atomic E-state index is 14.2. The Kier molecular flexibility index (Phi) is 10.7. The average Bonchev–Trinajstić information content (AvgIpc) is 2.97. The second kappa shape index (κ2) is 14.2. The van der Waals surface area contributed by atoms with Crippen LogP contribution in [-0.4, -0.2) is 43.8 Å². The summed E-state index contributed by atoms with van der Waals surface area (Å²) < 4.78 is 28.8. The third-order valence-electron chi connectivity index (χ3n) is 7.34. The lowest BCUT2D eigenvalue weighted by atomic mass is 9.95. The molecule has 0 spiro atoms. The topological polar surface area (TPSA) is 86.8 Å². The Morgan fingerprint density at radius 1 is 0.927 bits per heavy atom. The largest absolute Gasteiger partial charge is 0.352 e. The van der Waals surface area contributed by atoms with Crippen LogP contribution in [0.15, 0.2) is 83.8 Å². The molecule has 10 heteroatoms. The Bertz CT molecular complexity index is 1450. The predicted molar refractivity (Wildman–Crippen MR) is 164 cm³/mol. The van der Waals surface area contributed by atoms with Gasteiger partial charge >= 0.3 is 0 Å². The predicted octanol–water partition coefficient (Wildman–Crippen LogP) is 6.45. The fraction of sp³-hybridized carbons (Fsp3) is 0.355. The number of benzene rings is 3. The summed E-state index contributed by atoms with van der Waals surface area (Å²) in [6.45, 7) is 1.35. The van der Waals surface area contributed by atoms with E-state index >= 15 is 0 Å². The number of anilines is 1. The van der Waals surface area contributed by atoms with Gasteiger partial charge in [-0.25, -0.2) is 8.42 Å². The Balaban J connectivity index is 1.71. The second-order valence-corrected chi connectivity index (χ2v) is 12.9. The highest BCUT2D eigenvalue weighted by atomic mass is 35.5. The number of hydrogen-bond donors (Lipinski definition) is 1. The molecule has 0 aromatic heterocycles. The molecular formula is C31H35Cl2N3O4S. The van der Waals surface area contributed by atoms with Gasteiger partial charge in [0.2, 0.25) is 11.8 Å². The molecule has 0 saturated heterocycles. The van der Waals surface area contributed by atoms with Gasteiger partial charge in [-0.05, 0) is 61.2 Å². The molecular weight excluding hydrogens is 581 g/mol. The van der Waals surface area contributed by atoms with Gasteiger partial charge < -0.3 is 10.2 Å². The number of carbonyl (C=O) groups is 2. The summed E-state index contributed by atoms with van der Waals surface area (Å²) in [4.78, 5) is 29.2. The lowest BCUT2D eigenvalue weighted by molar-refractivity contribution is -0.140. The summed E-state index contributed by atoms with van der Waals surface area (Å²) in [5, 5.41) is 3.92. The third kappa shape index (κ3) is 7.82. The second-order valence-electron chi connectivity index (χ2n) is 10.2. The standard InChI is InChI=1S/C31H35Cl2N3O4S/c1-2-29(31(38)34-25-14-5-3-6-15-25)35(21-23-12-9-10-19-28(23)33)30(37)22-36(26-16-11-13-24(32)20-26)41(39,40)27-17-7-4-8-18-27/h4,7-13,16-20,25,29H,2-3,5-6,14-15,21-22H2,1H3,(H,34,38)/t29-/m1/s1. The van der Waals surface area contributed by atoms with Crippen LogP contribution >= 0.6 is 23.2 Å². The van der Waals surface area contributed by atoms with Crippen molar-refractivity contribution in [3.63, 3.8) is 0 Å². The van der Waals surface area contributed by atoms with Crippen molar-refractivity contribution in [2.75, 3.05) is 10.8 Å². The Labute approximate surface area is 252 Å². The van der Waals surface area contributed by atoms with Gasteiger partial charge in [0.05, 0.1) is 10.6 Å². The minimum absolute atomic E-state index is 0.0347. The molecule has 1 N–H and O–H groups in total. The molecule has 0 aliphatic heterocycles. The summed E-state index contributed by atoms with van der Waals surface area (Å²) >= 11 is 12.7. The van der Waals surface area contributed by atoms with E-state index in [1.165, 1.54) is 23.1 Å². The van der Waals surface area contributed by atoms with Crippen LogP contribution in [0, 0.1) is 0 Å². The van der Waals surface area contributed by atoms with Gasteiger partial charge in [-0.15, -0.1) is 0 Å². The molecule has 0 radical (unpaired) electrons.